The maximum Gasteiger partial charge on any atom is 0.158 e. The van der Waals surface area contributed by atoms with E-state index >= 15 is 0 Å². The Labute approximate surface area is 105 Å². The van der Waals surface area contributed by atoms with Crippen LogP contribution in [0.2, 0.25) is 5.15 Å². The minimum atomic E-state index is -0.710. The zero-order valence-corrected chi connectivity index (χ0v) is 9.54. The average molecular weight is 267 g/mol. The molecule has 18 heavy (non-hydrogen) atoms. The Kier molecular flexibility index (Phi) is 2.45. The lowest BCUT2D eigenvalue weighted by Crippen LogP contribution is -1.88. The van der Waals surface area contributed by atoms with Crippen molar-refractivity contribution in [2.75, 3.05) is 0 Å². The van der Waals surface area contributed by atoms with Gasteiger partial charge >= 0.3 is 0 Å². The Morgan fingerprint density at radius 2 is 2.00 bits per heavy atom. The van der Waals surface area contributed by atoms with Gasteiger partial charge in [0.2, 0.25) is 0 Å². The zero-order chi connectivity index (χ0) is 12.7. The molecule has 0 saturated heterocycles. The highest BCUT2D eigenvalue weighted by molar-refractivity contribution is 6.33. The van der Waals surface area contributed by atoms with E-state index in [0.29, 0.717) is 11.0 Å². The second-order valence-electron chi connectivity index (χ2n) is 3.58. The maximum absolute atomic E-state index is 13.7. The number of fused-ring (bicyclic) bond motifs is 1. The number of H-pyrrole nitrogens is 1. The smallest absolute Gasteiger partial charge is 0.158 e. The van der Waals surface area contributed by atoms with Crippen LogP contribution in [-0.2, 0) is 0 Å². The molecular formula is C11H5ClF2N4. The summed E-state index contributed by atoms with van der Waals surface area (Å²) in [6.45, 7) is 0. The van der Waals surface area contributed by atoms with E-state index in [0.717, 1.165) is 12.1 Å². The number of aromatic nitrogens is 4. The summed E-state index contributed by atoms with van der Waals surface area (Å²) in [5.74, 6) is -1.36. The largest absolute Gasteiger partial charge is 0.272 e. The second kappa shape index (κ2) is 3.99. The molecule has 7 heteroatoms. The number of nitrogens with one attached hydrogen (secondary N) is 1. The Bertz CT molecular complexity index is 741. The van der Waals surface area contributed by atoms with Gasteiger partial charge in [-0.2, -0.15) is 5.10 Å². The van der Waals surface area contributed by atoms with Gasteiger partial charge in [-0.1, -0.05) is 11.6 Å². The molecule has 4 nitrogen and oxygen atoms in total. The van der Waals surface area contributed by atoms with Crippen molar-refractivity contribution < 1.29 is 8.78 Å². The summed E-state index contributed by atoms with van der Waals surface area (Å²) in [4.78, 5) is 7.77. The molecule has 0 fully saturated rings. The minimum absolute atomic E-state index is 0.150. The van der Waals surface area contributed by atoms with Gasteiger partial charge in [-0.05, 0) is 12.1 Å². The standard InChI is InChI=1S/C11H5ClF2N4/c12-11-10-9(15-4-16-11)8(17-18-10)6-2-1-5(13)3-7(6)14/h1-4H,(H,17,18). The van der Waals surface area contributed by atoms with Gasteiger partial charge in [0, 0.05) is 11.6 Å². The molecule has 2 heterocycles. The molecule has 3 rings (SSSR count). The second-order valence-corrected chi connectivity index (χ2v) is 3.94. The van der Waals surface area contributed by atoms with Gasteiger partial charge in [0.15, 0.2) is 5.15 Å². The van der Waals surface area contributed by atoms with Gasteiger partial charge in [-0.15, -0.1) is 0 Å². The molecule has 3 aromatic rings. The number of hydrogen-bond acceptors (Lipinski definition) is 3. The molecule has 1 aromatic carbocycles. The van der Waals surface area contributed by atoms with Crippen LogP contribution >= 0.6 is 11.6 Å². The first kappa shape index (κ1) is 11.0. The lowest BCUT2D eigenvalue weighted by atomic mass is 10.1. The summed E-state index contributed by atoms with van der Waals surface area (Å²) in [7, 11) is 0. The van der Waals surface area contributed by atoms with Gasteiger partial charge in [-0.25, -0.2) is 18.7 Å². The fraction of sp³-hybridized carbons (Fsp3) is 0. The summed E-state index contributed by atoms with van der Waals surface area (Å²) >= 11 is 5.85. The van der Waals surface area contributed by atoms with Crippen LogP contribution in [0, 0.1) is 11.6 Å². The summed E-state index contributed by atoms with van der Waals surface area (Å²) in [6.07, 6.45) is 1.26. The van der Waals surface area contributed by atoms with E-state index in [1.54, 1.807) is 0 Å². The normalized spacial score (nSPS) is 11.1. The van der Waals surface area contributed by atoms with Crippen molar-refractivity contribution in [3.63, 3.8) is 0 Å². The number of halogens is 3. The predicted molar refractivity (Wildman–Crippen MR) is 62.0 cm³/mol. The summed E-state index contributed by atoms with van der Waals surface area (Å²) in [5.41, 5.74) is 1.22. The van der Waals surface area contributed by atoms with E-state index < -0.39 is 11.6 Å². The molecule has 0 atom stereocenters. The van der Waals surface area contributed by atoms with Crippen LogP contribution in [0.4, 0.5) is 8.78 Å². The molecule has 0 spiro atoms. The van der Waals surface area contributed by atoms with Gasteiger partial charge in [0.25, 0.3) is 0 Å². The number of aromatic amines is 1. The Morgan fingerprint density at radius 1 is 1.17 bits per heavy atom. The van der Waals surface area contributed by atoms with E-state index in [1.807, 2.05) is 0 Å². The SMILES string of the molecule is Fc1ccc(-c2n[nH]c3c(Cl)ncnc23)c(F)c1. The molecule has 0 unspecified atom stereocenters. The quantitative estimate of drug-likeness (QED) is 0.689. The molecule has 0 amide bonds. The highest BCUT2D eigenvalue weighted by Gasteiger charge is 2.15. The van der Waals surface area contributed by atoms with Gasteiger partial charge in [0.1, 0.15) is 34.7 Å². The number of rotatable bonds is 1. The summed E-state index contributed by atoms with van der Waals surface area (Å²) < 4.78 is 26.5. The monoisotopic (exact) mass is 266 g/mol. The first-order valence-electron chi connectivity index (χ1n) is 4.97. The Balaban J connectivity index is 2.29. The molecule has 90 valence electrons. The average Bonchev–Trinajstić information content (AvgIpc) is 2.74. The van der Waals surface area contributed by atoms with Crippen molar-refractivity contribution in [2.45, 2.75) is 0 Å². The van der Waals surface area contributed by atoms with Gasteiger partial charge in [0.05, 0.1) is 0 Å². The predicted octanol–water partition coefficient (Wildman–Crippen LogP) is 2.95. The van der Waals surface area contributed by atoms with Crippen molar-refractivity contribution in [3.8, 4) is 11.3 Å². The van der Waals surface area contributed by atoms with Crippen molar-refractivity contribution in [2.24, 2.45) is 0 Å². The number of nitrogens with zero attached hydrogens (tertiary/aromatic N) is 3. The van der Waals surface area contributed by atoms with Crippen molar-refractivity contribution in [3.05, 3.63) is 41.3 Å². The maximum atomic E-state index is 13.7. The first-order chi connectivity index (χ1) is 8.66. The van der Waals surface area contributed by atoms with E-state index in [2.05, 4.69) is 20.2 Å². The van der Waals surface area contributed by atoms with E-state index in [-0.39, 0.29) is 16.4 Å². The van der Waals surface area contributed by atoms with Crippen LogP contribution in [0.5, 0.6) is 0 Å². The highest BCUT2D eigenvalue weighted by atomic mass is 35.5. The van der Waals surface area contributed by atoms with Gasteiger partial charge in [-0.3, -0.25) is 5.10 Å². The number of hydrogen-bond donors (Lipinski definition) is 1. The zero-order valence-electron chi connectivity index (χ0n) is 8.78. The highest BCUT2D eigenvalue weighted by Crippen LogP contribution is 2.29. The lowest BCUT2D eigenvalue weighted by molar-refractivity contribution is 0.585. The summed E-state index contributed by atoms with van der Waals surface area (Å²) in [5, 5.41) is 6.77. The van der Waals surface area contributed by atoms with Crippen molar-refractivity contribution in [1.82, 2.24) is 20.2 Å². The molecule has 0 bridgehead atoms. The third-order valence-corrected chi connectivity index (χ3v) is 2.78. The summed E-state index contributed by atoms with van der Waals surface area (Å²) in [6, 6.07) is 3.25. The fourth-order valence-corrected chi connectivity index (χ4v) is 1.85. The first-order valence-corrected chi connectivity index (χ1v) is 5.34. The molecule has 0 saturated carbocycles. The fourth-order valence-electron chi connectivity index (χ4n) is 1.68. The molecular weight excluding hydrogens is 262 g/mol. The van der Waals surface area contributed by atoms with E-state index in [1.165, 1.54) is 12.4 Å². The third-order valence-electron chi connectivity index (χ3n) is 2.49. The van der Waals surface area contributed by atoms with E-state index in [9.17, 15) is 8.78 Å². The van der Waals surface area contributed by atoms with Crippen LogP contribution < -0.4 is 0 Å². The van der Waals surface area contributed by atoms with Crippen molar-refractivity contribution in [1.29, 1.82) is 0 Å². The number of benzene rings is 1. The molecule has 2 aromatic heterocycles. The third kappa shape index (κ3) is 1.62. The van der Waals surface area contributed by atoms with E-state index in [4.69, 9.17) is 11.6 Å². The minimum Gasteiger partial charge on any atom is -0.272 e. The Morgan fingerprint density at radius 3 is 2.78 bits per heavy atom. The molecule has 0 aliphatic carbocycles. The van der Waals surface area contributed by atoms with Gasteiger partial charge < -0.3 is 0 Å². The molecule has 0 aliphatic heterocycles. The van der Waals surface area contributed by atoms with Crippen molar-refractivity contribution >= 4 is 22.6 Å². The van der Waals surface area contributed by atoms with Crippen LogP contribution in [-0.4, -0.2) is 20.2 Å². The molecule has 1 N–H and O–H groups in total. The van der Waals surface area contributed by atoms with Crippen LogP contribution in [0.1, 0.15) is 0 Å². The Hall–Kier alpha value is -2.08. The van der Waals surface area contributed by atoms with Crippen LogP contribution in [0.15, 0.2) is 24.5 Å². The molecule has 0 aliphatic rings. The van der Waals surface area contributed by atoms with Crippen LogP contribution in [0.25, 0.3) is 22.3 Å². The topological polar surface area (TPSA) is 54.5 Å². The molecule has 0 radical (unpaired) electrons. The van der Waals surface area contributed by atoms with Crippen LogP contribution in [0.3, 0.4) is 0 Å². The lowest BCUT2D eigenvalue weighted by Gasteiger charge is -1.99.